The molecule has 0 saturated heterocycles. The first-order valence-corrected chi connectivity index (χ1v) is 7.76. The van der Waals surface area contributed by atoms with Gasteiger partial charge in [-0.05, 0) is 25.6 Å². The molecule has 7 heteroatoms. The molecule has 0 bridgehead atoms. The summed E-state index contributed by atoms with van der Waals surface area (Å²) in [6.45, 7) is 2.62. The fourth-order valence-corrected chi connectivity index (χ4v) is 2.89. The van der Waals surface area contributed by atoms with Crippen LogP contribution in [-0.4, -0.2) is 40.3 Å². The van der Waals surface area contributed by atoms with Gasteiger partial charge in [-0.2, -0.15) is 0 Å². The van der Waals surface area contributed by atoms with Crippen LogP contribution in [0.1, 0.15) is 31.8 Å². The van der Waals surface area contributed by atoms with Crippen LogP contribution in [0.3, 0.4) is 0 Å². The van der Waals surface area contributed by atoms with Gasteiger partial charge in [0.2, 0.25) is 0 Å². The number of nitro benzene ring substituents is 1. The smallest absolute Gasteiger partial charge is 0.282 e. The lowest BCUT2D eigenvalue weighted by molar-refractivity contribution is -0.385. The topological polar surface area (TPSA) is 83.8 Å². The van der Waals surface area contributed by atoms with Gasteiger partial charge in [-0.3, -0.25) is 29.5 Å². The lowest BCUT2D eigenvalue weighted by atomic mass is 10.1. The van der Waals surface area contributed by atoms with Gasteiger partial charge < -0.3 is 0 Å². The molecule has 2 aromatic carbocycles. The summed E-state index contributed by atoms with van der Waals surface area (Å²) < 4.78 is 0. The third-order valence-corrected chi connectivity index (χ3v) is 4.13. The van der Waals surface area contributed by atoms with Gasteiger partial charge in [0.25, 0.3) is 17.5 Å². The molecule has 2 aromatic rings. The van der Waals surface area contributed by atoms with Gasteiger partial charge in [0, 0.05) is 12.6 Å². The van der Waals surface area contributed by atoms with Crippen molar-refractivity contribution in [3.05, 3.63) is 74.8 Å². The summed E-state index contributed by atoms with van der Waals surface area (Å²) in [6.07, 6.45) is 0. The molecule has 0 spiro atoms. The maximum atomic E-state index is 12.5. The van der Waals surface area contributed by atoms with Crippen LogP contribution in [0.5, 0.6) is 0 Å². The number of carbonyl (C=O) groups excluding carboxylic acids is 2. The average molecular weight is 339 g/mol. The predicted molar refractivity (Wildman–Crippen MR) is 91.1 cm³/mol. The van der Waals surface area contributed by atoms with Gasteiger partial charge in [-0.1, -0.05) is 35.9 Å². The maximum absolute atomic E-state index is 12.5. The van der Waals surface area contributed by atoms with Crippen LogP contribution in [0, 0.1) is 17.0 Å². The van der Waals surface area contributed by atoms with E-state index in [1.54, 1.807) is 7.05 Å². The van der Waals surface area contributed by atoms with Crippen molar-refractivity contribution in [2.24, 2.45) is 0 Å². The van der Waals surface area contributed by atoms with E-state index in [1.807, 2.05) is 36.1 Å². The van der Waals surface area contributed by atoms with Gasteiger partial charge in [0.15, 0.2) is 0 Å². The lowest BCUT2D eigenvalue weighted by Crippen LogP contribution is -2.39. The Kier molecular flexibility index (Phi) is 4.33. The second kappa shape index (κ2) is 6.45. The van der Waals surface area contributed by atoms with Crippen LogP contribution < -0.4 is 0 Å². The van der Waals surface area contributed by atoms with Crippen LogP contribution in [0.25, 0.3) is 0 Å². The largest absolute Gasteiger partial charge is 0.284 e. The first kappa shape index (κ1) is 16.8. The number of benzene rings is 2. The number of fused-ring (bicyclic) bond motifs is 1. The molecule has 0 saturated carbocycles. The van der Waals surface area contributed by atoms with E-state index in [2.05, 4.69) is 0 Å². The highest BCUT2D eigenvalue weighted by molar-refractivity contribution is 6.23. The molecule has 0 unspecified atom stereocenters. The van der Waals surface area contributed by atoms with Gasteiger partial charge in [-0.15, -0.1) is 0 Å². The number of carbonyl (C=O) groups is 2. The SMILES string of the molecule is Cc1ccc(CN(C)CN2C(=O)c3cccc([N+](=O)[O-])c3C2=O)cc1. The Morgan fingerprint density at radius 2 is 1.76 bits per heavy atom. The third-order valence-electron chi connectivity index (χ3n) is 4.13. The van der Waals surface area contributed by atoms with Crippen LogP contribution >= 0.6 is 0 Å². The van der Waals surface area contributed by atoms with Crippen molar-refractivity contribution in [3.8, 4) is 0 Å². The minimum absolute atomic E-state index is 0.0668. The van der Waals surface area contributed by atoms with Crippen molar-refractivity contribution in [2.45, 2.75) is 13.5 Å². The Morgan fingerprint density at radius 3 is 2.40 bits per heavy atom. The minimum atomic E-state index is -0.635. The molecule has 0 aliphatic carbocycles. The van der Waals surface area contributed by atoms with Gasteiger partial charge in [-0.25, -0.2) is 0 Å². The number of nitro groups is 1. The van der Waals surface area contributed by atoms with E-state index >= 15 is 0 Å². The van der Waals surface area contributed by atoms with E-state index in [9.17, 15) is 19.7 Å². The Bertz CT molecular complexity index is 861. The predicted octanol–water partition coefficient (Wildman–Crippen LogP) is 2.59. The lowest BCUT2D eigenvalue weighted by Gasteiger charge is -2.22. The first-order valence-electron chi connectivity index (χ1n) is 7.76. The Balaban J connectivity index is 1.79. The molecule has 1 aliphatic rings. The summed E-state index contributed by atoms with van der Waals surface area (Å²) in [4.78, 5) is 38.4. The summed E-state index contributed by atoms with van der Waals surface area (Å²) in [5, 5.41) is 11.1. The molecule has 3 rings (SSSR count). The number of hydrogen-bond acceptors (Lipinski definition) is 5. The average Bonchev–Trinajstić information content (AvgIpc) is 2.82. The van der Waals surface area contributed by atoms with Crippen molar-refractivity contribution in [1.29, 1.82) is 0 Å². The van der Waals surface area contributed by atoms with Crippen molar-refractivity contribution < 1.29 is 14.5 Å². The van der Waals surface area contributed by atoms with E-state index in [0.717, 1.165) is 16.0 Å². The highest BCUT2D eigenvalue weighted by Crippen LogP contribution is 2.30. The maximum Gasteiger partial charge on any atom is 0.282 e. The summed E-state index contributed by atoms with van der Waals surface area (Å²) in [5.74, 6) is -1.12. The molecule has 1 heterocycles. The van der Waals surface area contributed by atoms with E-state index in [4.69, 9.17) is 0 Å². The van der Waals surface area contributed by atoms with Gasteiger partial charge in [0.05, 0.1) is 17.2 Å². The second-order valence-electron chi connectivity index (χ2n) is 6.14. The Hall–Kier alpha value is -3.06. The molecule has 2 amide bonds. The summed E-state index contributed by atoms with van der Waals surface area (Å²) in [7, 11) is 1.79. The molecule has 25 heavy (non-hydrogen) atoms. The highest BCUT2D eigenvalue weighted by Gasteiger charge is 2.41. The third kappa shape index (κ3) is 3.14. The molecule has 128 valence electrons. The number of hydrogen-bond donors (Lipinski definition) is 0. The van der Waals surface area contributed by atoms with Crippen LogP contribution in [-0.2, 0) is 6.54 Å². The summed E-state index contributed by atoms with van der Waals surface area (Å²) in [5.41, 5.74) is 1.83. The minimum Gasteiger partial charge on any atom is -0.284 e. The molecule has 0 fully saturated rings. The zero-order chi connectivity index (χ0) is 18.1. The number of nitrogens with zero attached hydrogens (tertiary/aromatic N) is 3. The van der Waals surface area contributed by atoms with Crippen molar-refractivity contribution in [3.63, 3.8) is 0 Å². The number of rotatable bonds is 5. The number of aryl methyl sites for hydroxylation is 1. The molecular weight excluding hydrogens is 322 g/mol. The van der Waals surface area contributed by atoms with Crippen molar-refractivity contribution in [2.75, 3.05) is 13.7 Å². The number of amides is 2. The van der Waals surface area contributed by atoms with Crippen LogP contribution in [0.15, 0.2) is 42.5 Å². The monoisotopic (exact) mass is 339 g/mol. The zero-order valence-electron chi connectivity index (χ0n) is 13.9. The van der Waals surface area contributed by atoms with E-state index in [0.29, 0.717) is 6.54 Å². The molecule has 0 N–H and O–H groups in total. The zero-order valence-corrected chi connectivity index (χ0v) is 13.9. The Morgan fingerprint density at radius 1 is 1.08 bits per heavy atom. The summed E-state index contributed by atoms with van der Waals surface area (Å²) in [6, 6.07) is 12.1. The van der Waals surface area contributed by atoms with E-state index in [-0.39, 0.29) is 23.5 Å². The van der Waals surface area contributed by atoms with Gasteiger partial charge in [0.1, 0.15) is 5.56 Å². The standard InChI is InChI=1S/C18H17N3O4/c1-12-6-8-13(9-7-12)10-19(2)11-20-17(22)14-4-3-5-15(21(24)25)16(14)18(20)23/h3-9H,10-11H2,1-2H3. The molecule has 7 nitrogen and oxygen atoms in total. The number of imide groups is 1. The summed E-state index contributed by atoms with van der Waals surface area (Å²) >= 11 is 0. The normalized spacial score (nSPS) is 13.5. The second-order valence-corrected chi connectivity index (χ2v) is 6.14. The quantitative estimate of drug-likeness (QED) is 0.475. The fraction of sp³-hybridized carbons (Fsp3) is 0.222. The molecule has 0 atom stereocenters. The van der Waals surface area contributed by atoms with Gasteiger partial charge >= 0.3 is 0 Å². The fourth-order valence-electron chi connectivity index (χ4n) is 2.89. The van der Waals surface area contributed by atoms with E-state index in [1.165, 1.54) is 18.2 Å². The van der Waals surface area contributed by atoms with Crippen LogP contribution in [0.2, 0.25) is 0 Å². The van der Waals surface area contributed by atoms with E-state index < -0.39 is 16.7 Å². The molecular formula is C18H17N3O4. The first-order chi connectivity index (χ1) is 11.9. The Labute approximate surface area is 144 Å². The van der Waals surface area contributed by atoms with Crippen LogP contribution in [0.4, 0.5) is 5.69 Å². The molecule has 1 aliphatic heterocycles. The molecule has 0 radical (unpaired) electrons. The van der Waals surface area contributed by atoms with Crippen molar-refractivity contribution in [1.82, 2.24) is 9.80 Å². The molecule has 0 aromatic heterocycles. The highest BCUT2D eigenvalue weighted by atomic mass is 16.6. The van der Waals surface area contributed by atoms with Crippen molar-refractivity contribution >= 4 is 17.5 Å².